The first-order valence-electron chi connectivity index (χ1n) is 21.8. The summed E-state index contributed by atoms with van der Waals surface area (Å²) in [6, 6.07) is 80.0. The molecule has 5 heteroatoms. The number of hydrogen-bond acceptors (Lipinski definition) is 5. The highest BCUT2D eigenvalue weighted by Gasteiger charge is 2.19. The van der Waals surface area contributed by atoms with E-state index in [1.165, 1.54) is 10.8 Å². The fourth-order valence-corrected chi connectivity index (χ4v) is 8.56. The Balaban J connectivity index is 1.05. The minimum absolute atomic E-state index is 0.679. The molecule has 0 saturated heterocycles. The van der Waals surface area contributed by atoms with Gasteiger partial charge in [-0.05, 0) is 82.4 Å². The summed E-state index contributed by atoms with van der Waals surface area (Å²) in [4.78, 5) is 25.7. The summed E-state index contributed by atoms with van der Waals surface area (Å²) in [5, 5.41) is 2.36. The van der Waals surface area contributed by atoms with Crippen LogP contribution < -0.4 is 0 Å². The molecule has 5 nitrogen and oxygen atoms in total. The van der Waals surface area contributed by atoms with Crippen molar-refractivity contribution < 1.29 is 0 Å². The lowest BCUT2D eigenvalue weighted by atomic mass is 9.88. The van der Waals surface area contributed by atoms with E-state index in [4.69, 9.17) is 24.9 Å². The van der Waals surface area contributed by atoms with E-state index < -0.39 is 0 Å². The Kier molecular flexibility index (Phi) is 10.4. The zero-order chi connectivity index (χ0) is 43.5. The molecule has 3 aromatic heterocycles. The molecule has 0 aliphatic heterocycles. The largest absolute Gasteiger partial charge is 0.253 e. The molecule has 0 radical (unpaired) electrons. The van der Waals surface area contributed by atoms with Crippen molar-refractivity contribution >= 4 is 10.8 Å². The van der Waals surface area contributed by atoms with Gasteiger partial charge in [0.15, 0.2) is 11.6 Å². The van der Waals surface area contributed by atoms with Crippen molar-refractivity contribution in [1.29, 1.82) is 0 Å². The van der Waals surface area contributed by atoms with Crippen LogP contribution in [0.5, 0.6) is 0 Å². The third-order valence-electron chi connectivity index (χ3n) is 11.8. The van der Waals surface area contributed by atoms with Gasteiger partial charge in [-0.1, -0.05) is 188 Å². The van der Waals surface area contributed by atoms with E-state index in [1.54, 1.807) is 0 Å². The number of pyridine rings is 1. The summed E-state index contributed by atoms with van der Waals surface area (Å²) >= 11 is 0. The minimum atomic E-state index is 0.679. The van der Waals surface area contributed by atoms with Gasteiger partial charge in [0.05, 0.1) is 28.5 Å². The van der Waals surface area contributed by atoms with Gasteiger partial charge in [0.1, 0.15) is 0 Å². The quantitative estimate of drug-likeness (QED) is 0.145. The molecule has 0 N–H and O–H groups in total. The average molecular weight is 832 g/mol. The first kappa shape index (κ1) is 39.2. The Morgan fingerprint density at radius 3 is 1.20 bits per heavy atom. The summed E-state index contributed by atoms with van der Waals surface area (Å²) in [6.45, 7) is 2.04. The molecule has 0 amide bonds. The second-order valence-electron chi connectivity index (χ2n) is 16.1. The van der Waals surface area contributed by atoms with Crippen molar-refractivity contribution in [2.45, 2.75) is 6.92 Å². The van der Waals surface area contributed by atoms with Crippen LogP contribution in [0.25, 0.3) is 112 Å². The number of rotatable bonds is 9. The molecular formula is C60H41N5. The fraction of sp³-hybridized carbons (Fsp3) is 0.0167. The molecule has 0 bridgehead atoms. The van der Waals surface area contributed by atoms with E-state index in [1.807, 2.05) is 67.6 Å². The number of fused-ring (bicyclic) bond motifs is 1. The van der Waals surface area contributed by atoms with Gasteiger partial charge in [0, 0.05) is 44.6 Å². The van der Waals surface area contributed by atoms with Crippen LogP contribution in [0.2, 0.25) is 0 Å². The molecule has 0 aliphatic carbocycles. The number of aryl methyl sites for hydroxylation is 1. The third kappa shape index (κ3) is 8.11. The summed E-state index contributed by atoms with van der Waals surface area (Å²) in [7, 11) is 0. The Hall–Kier alpha value is -8.67. The maximum absolute atomic E-state index is 5.21. The summed E-state index contributed by atoms with van der Waals surface area (Å²) < 4.78 is 0. The lowest BCUT2D eigenvalue weighted by Gasteiger charge is -2.17. The van der Waals surface area contributed by atoms with Crippen molar-refractivity contribution in [3.63, 3.8) is 0 Å². The summed E-state index contributed by atoms with van der Waals surface area (Å²) in [5.74, 6) is 1.36. The lowest BCUT2D eigenvalue weighted by molar-refractivity contribution is 1.18. The van der Waals surface area contributed by atoms with Crippen LogP contribution in [0.3, 0.4) is 0 Å². The average Bonchev–Trinajstić information content (AvgIpc) is 3.39. The van der Waals surface area contributed by atoms with Crippen molar-refractivity contribution in [3.8, 4) is 101 Å². The van der Waals surface area contributed by atoms with Crippen molar-refractivity contribution in [3.05, 3.63) is 236 Å². The zero-order valence-electron chi connectivity index (χ0n) is 35.7. The van der Waals surface area contributed by atoms with E-state index in [2.05, 4.69) is 170 Å². The molecular weight excluding hydrogens is 791 g/mol. The molecule has 11 rings (SSSR count). The molecule has 0 aliphatic rings. The Bertz CT molecular complexity index is 3440. The van der Waals surface area contributed by atoms with Gasteiger partial charge in [-0.2, -0.15) is 0 Å². The predicted octanol–water partition coefficient (Wildman–Crippen LogP) is 15.1. The number of aromatic nitrogens is 5. The molecule has 0 unspecified atom stereocenters. The fourth-order valence-electron chi connectivity index (χ4n) is 8.56. The van der Waals surface area contributed by atoms with E-state index >= 15 is 0 Å². The molecule has 65 heavy (non-hydrogen) atoms. The highest BCUT2D eigenvalue weighted by Crippen LogP contribution is 2.42. The van der Waals surface area contributed by atoms with Gasteiger partial charge in [0.2, 0.25) is 0 Å². The van der Waals surface area contributed by atoms with E-state index in [-0.39, 0.29) is 0 Å². The smallest absolute Gasteiger partial charge is 0.160 e. The molecule has 0 fully saturated rings. The van der Waals surface area contributed by atoms with Gasteiger partial charge < -0.3 is 0 Å². The Morgan fingerprint density at radius 1 is 0.246 bits per heavy atom. The van der Waals surface area contributed by atoms with Crippen LogP contribution in [-0.4, -0.2) is 24.9 Å². The van der Waals surface area contributed by atoms with Crippen LogP contribution in [0, 0.1) is 6.92 Å². The van der Waals surface area contributed by atoms with Crippen LogP contribution in [0.4, 0.5) is 0 Å². The maximum Gasteiger partial charge on any atom is 0.160 e. The number of benzene rings is 8. The Morgan fingerprint density at radius 2 is 0.662 bits per heavy atom. The van der Waals surface area contributed by atoms with Crippen molar-refractivity contribution in [1.82, 2.24) is 24.9 Å². The van der Waals surface area contributed by atoms with Gasteiger partial charge in [-0.3, -0.25) is 4.98 Å². The first-order valence-corrected chi connectivity index (χ1v) is 21.8. The molecule has 11 aromatic rings. The summed E-state index contributed by atoms with van der Waals surface area (Å²) in [5.41, 5.74) is 16.6. The van der Waals surface area contributed by atoms with Crippen LogP contribution >= 0.6 is 0 Å². The molecule has 0 atom stereocenters. The molecule has 306 valence electrons. The van der Waals surface area contributed by atoms with Crippen LogP contribution in [-0.2, 0) is 0 Å². The molecule has 8 aromatic carbocycles. The van der Waals surface area contributed by atoms with E-state index in [0.29, 0.717) is 11.6 Å². The lowest BCUT2D eigenvalue weighted by Crippen LogP contribution is -1.97. The minimum Gasteiger partial charge on any atom is -0.253 e. The topological polar surface area (TPSA) is 64.5 Å². The van der Waals surface area contributed by atoms with E-state index in [9.17, 15) is 0 Å². The highest BCUT2D eigenvalue weighted by atomic mass is 14.9. The van der Waals surface area contributed by atoms with Gasteiger partial charge in [0.25, 0.3) is 0 Å². The molecule has 3 heterocycles. The van der Waals surface area contributed by atoms with Gasteiger partial charge >= 0.3 is 0 Å². The normalized spacial score (nSPS) is 11.2. The number of hydrogen-bond donors (Lipinski definition) is 0. The van der Waals surface area contributed by atoms with Crippen molar-refractivity contribution in [2.24, 2.45) is 0 Å². The van der Waals surface area contributed by atoms with E-state index in [0.717, 1.165) is 95.4 Å². The standard InChI is InChI=1S/C60H41N5/c1-40-17-13-32-53(61-40)58-51(46-26-14-28-48(36-46)55-38-54(42-19-5-2-6-20-42)62-59(63-55)43-21-7-3-8-22-43)30-16-31-52(58)47-27-15-29-49(37-47)56-39-57(65-60(64-56)44-23-9-4-10-24-44)50-34-33-41-18-11-12-25-45(41)35-50/h2-39H,1H3. The third-order valence-corrected chi connectivity index (χ3v) is 11.8. The predicted molar refractivity (Wildman–Crippen MR) is 267 cm³/mol. The highest BCUT2D eigenvalue weighted by molar-refractivity contribution is 5.95. The van der Waals surface area contributed by atoms with Gasteiger partial charge in [-0.15, -0.1) is 0 Å². The van der Waals surface area contributed by atoms with Crippen LogP contribution in [0.1, 0.15) is 5.69 Å². The summed E-state index contributed by atoms with van der Waals surface area (Å²) in [6.07, 6.45) is 0. The SMILES string of the molecule is Cc1cccc(-c2c(-c3cccc(-c4cc(-c5ccccc5)nc(-c5ccccc5)n4)c3)cccc2-c2cccc(-c3cc(-c4ccc5ccccc5c4)nc(-c4ccccc4)n3)c2)n1. The molecule has 0 spiro atoms. The maximum atomic E-state index is 5.21. The van der Waals surface area contributed by atoms with Crippen LogP contribution in [0.15, 0.2) is 231 Å². The zero-order valence-corrected chi connectivity index (χ0v) is 35.7. The van der Waals surface area contributed by atoms with Crippen molar-refractivity contribution in [2.75, 3.05) is 0 Å². The first-order chi connectivity index (χ1) is 32.1. The second-order valence-corrected chi connectivity index (χ2v) is 16.1. The number of nitrogens with zero attached hydrogens (tertiary/aromatic N) is 5. The molecule has 0 saturated carbocycles. The Labute approximate surface area is 378 Å². The van der Waals surface area contributed by atoms with Gasteiger partial charge in [-0.25, -0.2) is 19.9 Å². The monoisotopic (exact) mass is 831 g/mol. The second kappa shape index (κ2) is 17.2.